The normalized spacial score (nSPS) is 15.5. The van der Waals surface area contributed by atoms with E-state index in [2.05, 4.69) is 43.3 Å². The Morgan fingerprint density at radius 2 is 1.78 bits per heavy atom. The van der Waals surface area contributed by atoms with Crippen LogP contribution in [0.3, 0.4) is 0 Å². The van der Waals surface area contributed by atoms with Crippen LogP contribution in [0.25, 0.3) is 10.9 Å². The number of nitrogens with zero attached hydrogens (tertiary/aromatic N) is 6. The number of anilines is 1. The molecule has 0 saturated carbocycles. The van der Waals surface area contributed by atoms with Crippen LogP contribution in [-0.4, -0.2) is 70.0 Å². The lowest BCUT2D eigenvalue weighted by Gasteiger charge is -2.39. The maximum Gasteiger partial charge on any atom is 0.253 e. The van der Waals surface area contributed by atoms with Gasteiger partial charge in [0.05, 0.1) is 13.2 Å². The first-order valence-corrected chi connectivity index (χ1v) is 12.1. The lowest BCUT2D eigenvalue weighted by atomic mass is 10.00. The van der Waals surface area contributed by atoms with Crippen LogP contribution in [0.2, 0.25) is 0 Å². The molecule has 36 heavy (non-hydrogen) atoms. The van der Waals surface area contributed by atoms with Crippen LogP contribution < -0.4 is 10.5 Å². The highest BCUT2D eigenvalue weighted by molar-refractivity contribution is 5.81. The van der Waals surface area contributed by atoms with Crippen molar-refractivity contribution >= 4 is 16.6 Å². The molecular formula is C26H30FN7O2. The van der Waals surface area contributed by atoms with Crippen molar-refractivity contribution in [3.05, 3.63) is 81.2 Å². The molecule has 0 amide bonds. The Labute approximate surface area is 208 Å². The SMILES string of the molecule is COCCn1nnnc1C(c1cc2cc(C)c(C)cc2[nH]c1=O)N1CCN(c2ccc(F)cc2)CC1. The number of rotatable bonds is 7. The molecule has 0 bridgehead atoms. The minimum atomic E-state index is -0.429. The molecular weight excluding hydrogens is 461 g/mol. The van der Waals surface area contributed by atoms with E-state index in [0.717, 1.165) is 40.8 Å². The number of fused-ring (bicyclic) bond motifs is 1. The maximum absolute atomic E-state index is 13.4. The van der Waals surface area contributed by atoms with Crippen LogP contribution in [0.15, 0.2) is 47.3 Å². The Morgan fingerprint density at radius 3 is 2.50 bits per heavy atom. The van der Waals surface area contributed by atoms with Gasteiger partial charge in [-0.2, -0.15) is 0 Å². The summed E-state index contributed by atoms with van der Waals surface area (Å²) in [6.07, 6.45) is 0. The van der Waals surface area contributed by atoms with Crippen molar-refractivity contribution in [3.8, 4) is 0 Å². The second-order valence-corrected chi connectivity index (χ2v) is 9.23. The number of benzene rings is 2. The van der Waals surface area contributed by atoms with E-state index in [1.807, 2.05) is 19.1 Å². The first-order valence-electron chi connectivity index (χ1n) is 12.1. The number of ether oxygens (including phenoxy) is 1. The van der Waals surface area contributed by atoms with Crippen LogP contribution in [0.1, 0.15) is 28.6 Å². The molecule has 0 aliphatic carbocycles. The zero-order valence-corrected chi connectivity index (χ0v) is 20.7. The minimum absolute atomic E-state index is 0.155. The van der Waals surface area contributed by atoms with Gasteiger partial charge in [0.15, 0.2) is 5.82 Å². The number of tetrazole rings is 1. The zero-order chi connectivity index (χ0) is 25.2. The van der Waals surface area contributed by atoms with Crippen molar-refractivity contribution in [2.75, 3.05) is 44.8 Å². The minimum Gasteiger partial charge on any atom is -0.383 e. The number of piperazine rings is 1. The van der Waals surface area contributed by atoms with E-state index in [1.54, 1.807) is 23.9 Å². The molecule has 0 spiro atoms. The molecule has 5 rings (SSSR count). The summed E-state index contributed by atoms with van der Waals surface area (Å²) in [6.45, 7) is 7.86. The van der Waals surface area contributed by atoms with Crippen molar-refractivity contribution in [2.24, 2.45) is 0 Å². The van der Waals surface area contributed by atoms with E-state index in [-0.39, 0.29) is 11.4 Å². The largest absolute Gasteiger partial charge is 0.383 e. The summed E-state index contributed by atoms with van der Waals surface area (Å²) in [5, 5.41) is 13.4. The Morgan fingerprint density at radius 1 is 1.06 bits per heavy atom. The number of halogens is 1. The molecule has 3 heterocycles. The fourth-order valence-corrected chi connectivity index (χ4v) is 4.83. The highest BCUT2D eigenvalue weighted by Crippen LogP contribution is 2.29. The monoisotopic (exact) mass is 491 g/mol. The summed E-state index contributed by atoms with van der Waals surface area (Å²) in [6, 6.07) is 12.2. The predicted molar refractivity (Wildman–Crippen MR) is 136 cm³/mol. The Bertz CT molecular complexity index is 1410. The molecule has 10 heteroatoms. The smallest absolute Gasteiger partial charge is 0.253 e. The first-order chi connectivity index (χ1) is 17.4. The van der Waals surface area contributed by atoms with Crippen molar-refractivity contribution in [1.82, 2.24) is 30.1 Å². The van der Waals surface area contributed by atoms with Gasteiger partial charge in [0.1, 0.15) is 11.9 Å². The molecule has 1 unspecified atom stereocenters. The Hall–Kier alpha value is -3.63. The number of pyridine rings is 1. The van der Waals surface area contributed by atoms with E-state index in [0.29, 0.717) is 37.6 Å². The second kappa shape index (κ2) is 10.2. The van der Waals surface area contributed by atoms with Crippen molar-refractivity contribution < 1.29 is 9.13 Å². The van der Waals surface area contributed by atoms with Gasteiger partial charge >= 0.3 is 0 Å². The molecule has 1 fully saturated rings. The van der Waals surface area contributed by atoms with Gasteiger partial charge in [0.25, 0.3) is 5.56 Å². The van der Waals surface area contributed by atoms with E-state index in [1.165, 1.54) is 12.1 Å². The molecule has 2 aromatic carbocycles. The Kier molecular flexibility index (Phi) is 6.80. The van der Waals surface area contributed by atoms with Gasteiger partial charge in [-0.25, -0.2) is 9.07 Å². The van der Waals surface area contributed by atoms with E-state index >= 15 is 0 Å². The predicted octanol–water partition coefficient (Wildman–Crippen LogP) is 2.83. The van der Waals surface area contributed by atoms with Crippen LogP contribution >= 0.6 is 0 Å². The van der Waals surface area contributed by atoms with Gasteiger partial charge in [-0.1, -0.05) is 0 Å². The lowest BCUT2D eigenvalue weighted by molar-refractivity contribution is 0.171. The van der Waals surface area contributed by atoms with Crippen LogP contribution in [-0.2, 0) is 11.3 Å². The molecule has 1 saturated heterocycles. The molecule has 1 aliphatic rings. The molecule has 4 aromatic rings. The van der Waals surface area contributed by atoms with Crippen LogP contribution in [0.4, 0.5) is 10.1 Å². The third-order valence-electron chi connectivity index (χ3n) is 6.96. The average Bonchev–Trinajstić information content (AvgIpc) is 3.33. The summed E-state index contributed by atoms with van der Waals surface area (Å²) < 4.78 is 20.4. The quantitative estimate of drug-likeness (QED) is 0.425. The number of aryl methyl sites for hydroxylation is 2. The molecule has 1 atom stereocenters. The number of aromatic nitrogens is 5. The number of hydrogen-bond acceptors (Lipinski definition) is 7. The van der Waals surface area contributed by atoms with Gasteiger partial charge in [-0.15, -0.1) is 5.10 Å². The topological polar surface area (TPSA) is 92.2 Å². The second-order valence-electron chi connectivity index (χ2n) is 9.23. The van der Waals surface area contributed by atoms with Crippen molar-refractivity contribution in [3.63, 3.8) is 0 Å². The molecule has 188 valence electrons. The number of aromatic amines is 1. The van der Waals surface area contributed by atoms with Gasteiger partial charge in [-0.3, -0.25) is 9.69 Å². The van der Waals surface area contributed by atoms with Crippen LogP contribution in [0.5, 0.6) is 0 Å². The summed E-state index contributed by atoms with van der Waals surface area (Å²) >= 11 is 0. The summed E-state index contributed by atoms with van der Waals surface area (Å²) in [7, 11) is 1.63. The molecule has 1 N–H and O–H groups in total. The fraction of sp³-hybridized carbons (Fsp3) is 0.385. The van der Waals surface area contributed by atoms with Gasteiger partial charge in [0.2, 0.25) is 0 Å². The highest BCUT2D eigenvalue weighted by Gasteiger charge is 2.32. The van der Waals surface area contributed by atoms with Gasteiger partial charge in [0, 0.05) is 50.1 Å². The van der Waals surface area contributed by atoms with Crippen molar-refractivity contribution in [1.29, 1.82) is 0 Å². The molecule has 2 aromatic heterocycles. The third-order valence-corrected chi connectivity index (χ3v) is 6.96. The number of nitrogens with one attached hydrogen (secondary N) is 1. The number of methoxy groups -OCH3 is 1. The first kappa shape index (κ1) is 24.1. The van der Waals surface area contributed by atoms with Gasteiger partial charge < -0.3 is 14.6 Å². The highest BCUT2D eigenvalue weighted by atomic mass is 19.1. The Balaban J connectivity index is 1.52. The van der Waals surface area contributed by atoms with Crippen LogP contribution in [0, 0.1) is 19.7 Å². The third kappa shape index (κ3) is 4.74. The van der Waals surface area contributed by atoms with Crippen molar-refractivity contribution in [2.45, 2.75) is 26.4 Å². The fourth-order valence-electron chi connectivity index (χ4n) is 4.83. The summed E-state index contributed by atoms with van der Waals surface area (Å²) in [5.41, 5.74) is 4.53. The molecule has 0 radical (unpaired) electrons. The maximum atomic E-state index is 13.4. The lowest BCUT2D eigenvalue weighted by Crippen LogP contribution is -2.49. The average molecular weight is 492 g/mol. The van der Waals surface area contributed by atoms with E-state index in [9.17, 15) is 9.18 Å². The summed E-state index contributed by atoms with van der Waals surface area (Å²) in [5.74, 6) is 0.359. The zero-order valence-electron chi connectivity index (χ0n) is 20.7. The molecule has 1 aliphatic heterocycles. The number of H-pyrrole nitrogens is 1. The molecule has 9 nitrogen and oxygen atoms in total. The number of hydrogen-bond donors (Lipinski definition) is 1. The van der Waals surface area contributed by atoms with E-state index < -0.39 is 6.04 Å². The standard InChI is InChI=1S/C26H30FN7O2/c1-17-14-19-16-22(26(35)28-23(19)15-18(17)2)24(25-29-30-31-34(25)12-13-36-3)33-10-8-32(9-11-33)21-6-4-20(27)5-7-21/h4-7,14-16,24H,8-13H2,1-3H3,(H,28,35). The van der Waals surface area contributed by atoms with E-state index in [4.69, 9.17) is 4.74 Å². The summed E-state index contributed by atoms with van der Waals surface area (Å²) in [4.78, 5) is 21.0. The van der Waals surface area contributed by atoms with Gasteiger partial charge in [-0.05, 0) is 83.3 Å².